The predicted molar refractivity (Wildman–Crippen MR) is 46.6 cm³/mol. The summed E-state index contributed by atoms with van der Waals surface area (Å²) in [5, 5.41) is 14.6. The number of aromatic nitrogens is 1. The molecule has 4 heteroatoms. The Morgan fingerprint density at radius 1 is 1.54 bits per heavy atom. The highest BCUT2D eigenvalue weighted by Crippen LogP contribution is 1.97. The Morgan fingerprint density at radius 3 is 3.08 bits per heavy atom. The van der Waals surface area contributed by atoms with Gasteiger partial charge in [-0.05, 0) is 17.2 Å². The van der Waals surface area contributed by atoms with Gasteiger partial charge in [0.1, 0.15) is 0 Å². The van der Waals surface area contributed by atoms with Crippen LogP contribution in [0.4, 0.5) is 0 Å². The van der Waals surface area contributed by atoms with Crippen molar-refractivity contribution in [2.24, 2.45) is 5.10 Å². The van der Waals surface area contributed by atoms with Crippen molar-refractivity contribution in [2.45, 2.75) is 6.42 Å². The number of rotatable bonds is 1. The van der Waals surface area contributed by atoms with Crippen molar-refractivity contribution < 1.29 is 9.79 Å². The fourth-order valence-electron chi connectivity index (χ4n) is 1.17. The van der Waals surface area contributed by atoms with E-state index < -0.39 is 0 Å². The van der Waals surface area contributed by atoms with Gasteiger partial charge >= 0.3 is 0 Å². The van der Waals surface area contributed by atoms with Crippen LogP contribution in [-0.4, -0.2) is 28.3 Å². The first-order chi connectivity index (χ1) is 6.34. The van der Waals surface area contributed by atoms with Crippen LogP contribution < -0.4 is 5.11 Å². The maximum absolute atomic E-state index is 10.8. The van der Waals surface area contributed by atoms with Gasteiger partial charge in [0.15, 0.2) is 6.54 Å². The van der Waals surface area contributed by atoms with Crippen LogP contribution in [0, 0.1) is 0 Å². The van der Waals surface area contributed by atoms with E-state index in [0.717, 1.165) is 5.56 Å². The van der Waals surface area contributed by atoms with Gasteiger partial charge in [0.2, 0.25) is 6.21 Å². The van der Waals surface area contributed by atoms with Gasteiger partial charge in [-0.3, -0.25) is 4.98 Å². The van der Waals surface area contributed by atoms with Crippen molar-refractivity contribution in [2.75, 3.05) is 6.54 Å². The highest BCUT2D eigenvalue weighted by molar-refractivity contribution is 5.77. The van der Waals surface area contributed by atoms with Crippen molar-refractivity contribution in [3.8, 4) is 0 Å². The maximum atomic E-state index is 10.8. The SMILES string of the molecule is [O-]C1=N/[N+](=C/c2cccnc2)CC1. The molecule has 0 spiro atoms. The van der Waals surface area contributed by atoms with Gasteiger partial charge in [0, 0.05) is 24.7 Å². The molecule has 1 aromatic rings. The third kappa shape index (κ3) is 1.90. The van der Waals surface area contributed by atoms with Crippen molar-refractivity contribution in [1.29, 1.82) is 0 Å². The summed E-state index contributed by atoms with van der Waals surface area (Å²) in [5.74, 6) is -0.0554. The van der Waals surface area contributed by atoms with Gasteiger partial charge in [-0.1, -0.05) is 4.68 Å². The summed E-state index contributed by atoms with van der Waals surface area (Å²) in [6, 6.07) is 3.77. The molecule has 2 heterocycles. The molecule has 0 atom stereocenters. The third-order valence-corrected chi connectivity index (χ3v) is 1.78. The maximum Gasteiger partial charge on any atom is 0.204 e. The summed E-state index contributed by atoms with van der Waals surface area (Å²) >= 11 is 0. The molecule has 2 rings (SSSR count). The van der Waals surface area contributed by atoms with Crippen LogP contribution in [0.3, 0.4) is 0 Å². The molecule has 0 N–H and O–H groups in total. The lowest BCUT2D eigenvalue weighted by molar-refractivity contribution is -0.519. The normalized spacial score (nSPS) is 19.1. The molecule has 0 radical (unpaired) electrons. The zero-order chi connectivity index (χ0) is 9.10. The second-order valence-corrected chi connectivity index (χ2v) is 2.82. The Hall–Kier alpha value is -1.71. The first kappa shape index (κ1) is 7.91. The average molecular weight is 175 g/mol. The number of hydrogen-bond acceptors (Lipinski definition) is 3. The molecule has 0 fully saturated rings. The van der Waals surface area contributed by atoms with E-state index in [2.05, 4.69) is 10.1 Å². The first-order valence-corrected chi connectivity index (χ1v) is 4.10. The van der Waals surface area contributed by atoms with Crippen LogP contribution in [0.2, 0.25) is 0 Å². The molecule has 0 saturated heterocycles. The second kappa shape index (κ2) is 3.35. The van der Waals surface area contributed by atoms with E-state index in [1.807, 2.05) is 18.3 Å². The molecule has 13 heavy (non-hydrogen) atoms. The smallest absolute Gasteiger partial charge is 0.204 e. The van der Waals surface area contributed by atoms with Crippen LogP contribution in [0.15, 0.2) is 29.6 Å². The summed E-state index contributed by atoms with van der Waals surface area (Å²) in [6.07, 6.45) is 5.77. The lowest BCUT2D eigenvalue weighted by atomic mass is 10.3. The Balaban J connectivity index is 2.22. The molecule has 1 aliphatic heterocycles. The lowest BCUT2D eigenvalue weighted by Gasteiger charge is -1.89. The van der Waals surface area contributed by atoms with E-state index in [4.69, 9.17) is 0 Å². The van der Waals surface area contributed by atoms with Gasteiger partial charge in [0.05, 0.1) is 5.56 Å². The molecule has 4 nitrogen and oxygen atoms in total. The highest BCUT2D eigenvalue weighted by atomic mass is 16.3. The number of hydrazone groups is 1. The van der Waals surface area contributed by atoms with Gasteiger partial charge in [-0.25, -0.2) is 0 Å². The topological polar surface area (TPSA) is 51.3 Å². The standard InChI is InChI=1S/C9H9N3O/c13-9-3-5-12(11-9)7-8-2-1-4-10-6-8/h1-2,4,6-7H,3,5H2. The van der Waals surface area contributed by atoms with Crippen molar-refractivity contribution in [3.05, 3.63) is 30.1 Å². The Morgan fingerprint density at radius 2 is 2.46 bits per heavy atom. The molecular weight excluding hydrogens is 166 g/mol. The van der Waals surface area contributed by atoms with Gasteiger partial charge in [-0.2, -0.15) is 0 Å². The summed E-state index contributed by atoms with van der Waals surface area (Å²) in [7, 11) is 0. The molecule has 1 aromatic heterocycles. The Kier molecular flexibility index (Phi) is 2.04. The van der Waals surface area contributed by atoms with E-state index in [9.17, 15) is 5.11 Å². The zero-order valence-corrected chi connectivity index (χ0v) is 7.05. The van der Waals surface area contributed by atoms with Crippen molar-refractivity contribution >= 4 is 12.1 Å². The van der Waals surface area contributed by atoms with Crippen LogP contribution in [0.5, 0.6) is 0 Å². The minimum Gasteiger partial charge on any atom is -0.857 e. The van der Waals surface area contributed by atoms with Gasteiger partial charge < -0.3 is 5.11 Å². The molecule has 66 valence electrons. The first-order valence-electron chi connectivity index (χ1n) is 4.10. The number of nitrogens with zero attached hydrogens (tertiary/aromatic N) is 3. The molecule has 0 bridgehead atoms. The van der Waals surface area contributed by atoms with Crippen molar-refractivity contribution in [3.63, 3.8) is 0 Å². The van der Waals surface area contributed by atoms with E-state index in [-0.39, 0.29) is 5.90 Å². The van der Waals surface area contributed by atoms with Crippen LogP contribution >= 0.6 is 0 Å². The predicted octanol–water partition coefficient (Wildman–Crippen LogP) is -0.410. The minimum atomic E-state index is -0.0554. The summed E-state index contributed by atoms with van der Waals surface area (Å²) in [6.45, 7) is 0.674. The molecular formula is C9H9N3O. The Bertz CT molecular complexity index is 356. The lowest BCUT2D eigenvalue weighted by Crippen LogP contribution is -2.13. The van der Waals surface area contributed by atoms with E-state index in [0.29, 0.717) is 13.0 Å². The minimum absolute atomic E-state index is 0.0554. The van der Waals surface area contributed by atoms with Crippen LogP contribution in [-0.2, 0) is 0 Å². The molecule has 0 aromatic carbocycles. The van der Waals surface area contributed by atoms with E-state index in [1.165, 1.54) is 0 Å². The molecule has 0 aliphatic carbocycles. The van der Waals surface area contributed by atoms with E-state index in [1.54, 1.807) is 17.1 Å². The number of hydrogen-bond donors (Lipinski definition) is 0. The molecule has 0 unspecified atom stereocenters. The Labute approximate surface area is 75.9 Å². The summed E-state index contributed by atoms with van der Waals surface area (Å²) in [5.41, 5.74) is 0.959. The van der Waals surface area contributed by atoms with E-state index >= 15 is 0 Å². The summed E-state index contributed by atoms with van der Waals surface area (Å²) in [4.78, 5) is 3.96. The fraction of sp³-hybridized carbons (Fsp3) is 0.222. The van der Waals surface area contributed by atoms with Gasteiger partial charge in [0.25, 0.3) is 0 Å². The second-order valence-electron chi connectivity index (χ2n) is 2.82. The molecule has 1 aliphatic rings. The summed E-state index contributed by atoms with van der Waals surface area (Å²) < 4.78 is 1.65. The highest BCUT2D eigenvalue weighted by Gasteiger charge is 2.10. The van der Waals surface area contributed by atoms with Crippen LogP contribution in [0.1, 0.15) is 12.0 Å². The molecule has 0 amide bonds. The van der Waals surface area contributed by atoms with Gasteiger partial charge in [-0.15, -0.1) is 0 Å². The third-order valence-electron chi connectivity index (χ3n) is 1.78. The number of pyridine rings is 1. The largest absolute Gasteiger partial charge is 0.857 e. The monoisotopic (exact) mass is 175 g/mol. The van der Waals surface area contributed by atoms with Crippen LogP contribution in [0.25, 0.3) is 0 Å². The zero-order valence-electron chi connectivity index (χ0n) is 7.05. The van der Waals surface area contributed by atoms with Crippen molar-refractivity contribution in [1.82, 2.24) is 4.98 Å². The molecule has 0 saturated carbocycles. The fourth-order valence-corrected chi connectivity index (χ4v) is 1.17. The quantitative estimate of drug-likeness (QED) is 0.545. The average Bonchev–Trinajstić information content (AvgIpc) is 2.53.